The number of halogens is 2. The van der Waals surface area contributed by atoms with Crippen LogP contribution in [0.3, 0.4) is 0 Å². The van der Waals surface area contributed by atoms with Crippen LogP contribution in [0.5, 0.6) is 5.75 Å². The largest absolute Gasteiger partial charge is 0.479 e. The first kappa shape index (κ1) is 24.4. The van der Waals surface area contributed by atoms with Gasteiger partial charge in [-0.2, -0.15) is 0 Å². The number of hydrogen-bond donors (Lipinski definition) is 0. The number of thiocarbonyl (C=S) groups is 1. The summed E-state index contributed by atoms with van der Waals surface area (Å²) in [4.78, 5) is 28.4. The molecule has 0 radical (unpaired) electrons. The molecule has 1 fully saturated rings. The van der Waals surface area contributed by atoms with E-state index in [1.165, 1.54) is 16.7 Å². The van der Waals surface area contributed by atoms with Crippen LogP contribution >= 0.6 is 47.2 Å². The van der Waals surface area contributed by atoms with Crippen molar-refractivity contribution in [3.05, 3.63) is 56.9 Å². The molecule has 0 saturated carbocycles. The second-order valence-corrected chi connectivity index (χ2v) is 9.33. The van der Waals surface area contributed by atoms with E-state index in [0.29, 0.717) is 20.5 Å². The third-order valence-electron chi connectivity index (χ3n) is 4.38. The van der Waals surface area contributed by atoms with Crippen LogP contribution in [0, 0.1) is 0 Å². The standard InChI is InChI=1S/C22H20Cl2N2O4S2/c1-4-29-19(27)12-30-20-16(23)9-13(10-17(20)24)11-18-21(28)26(22(31)32-18)15-7-5-14(6-8-15)25(2)3/h5-11H,4,12H2,1-3H3. The summed E-state index contributed by atoms with van der Waals surface area (Å²) in [6, 6.07) is 10.8. The van der Waals surface area contributed by atoms with E-state index in [2.05, 4.69) is 0 Å². The van der Waals surface area contributed by atoms with E-state index < -0.39 is 5.97 Å². The molecule has 1 aliphatic rings. The van der Waals surface area contributed by atoms with Crippen LogP contribution in [-0.4, -0.2) is 43.5 Å². The highest BCUT2D eigenvalue weighted by Gasteiger charge is 2.33. The molecule has 0 atom stereocenters. The van der Waals surface area contributed by atoms with Crippen molar-refractivity contribution in [3.8, 4) is 5.75 Å². The van der Waals surface area contributed by atoms with Gasteiger partial charge in [-0.25, -0.2) is 4.79 Å². The summed E-state index contributed by atoms with van der Waals surface area (Å²) in [6.07, 6.45) is 1.67. The molecule has 3 rings (SSSR count). The second kappa shape index (κ2) is 10.6. The van der Waals surface area contributed by atoms with E-state index in [4.69, 9.17) is 44.9 Å². The third-order valence-corrected chi connectivity index (χ3v) is 6.24. The fourth-order valence-corrected chi connectivity index (χ4v) is 4.79. The van der Waals surface area contributed by atoms with Crippen LogP contribution in [0.15, 0.2) is 41.3 Å². The lowest BCUT2D eigenvalue weighted by Gasteiger charge is -2.17. The number of carbonyl (C=O) groups is 2. The smallest absolute Gasteiger partial charge is 0.344 e. The molecule has 0 aromatic heterocycles. The van der Waals surface area contributed by atoms with Gasteiger partial charge in [0, 0.05) is 19.8 Å². The molecule has 0 bridgehead atoms. The Morgan fingerprint density at radius 3 is 2.38 bits per heavy atom. The quantitative estimate of drug-likeness (QED) is 0.280. The van der Waals surface area contributed by atoms with Crippen molar-refractivity contribution in [2.45, 2.75) is 6.92 Å². The molecular weight excluding hydrogens is 491 g/mol. The molecule has 2 aromatic rings. The number of ether oxygens (including phenoxy) is 2. The minimum absolute atomic E-state index is 0.173. The zero-order valence-electron chi connectivity index (χ0n) is 17.6. The van der Waals surface area contributed by atoms with E-state index in [-0.39, 0.29) is 34.9 Å². The highest BCUT2D eigenvalue weighted by Crippen LogP contribution is 2.39. The molecule has 0 N–H and O–H groups in total. The summed E-state index contributed by atoms with van der Waals surface area (Å²) in [5.41, 5.74) is 2.32. The number of nitrogens with zero attached hydrogens (tertiary/aromatic N) is 2. The highest BCUT2D eigenvalue weighted by molar-refractivity contribution is 8.27. The first-order valence-corrected chi connectivity index (χ1v) is 11.5. The lowest BCUT2D eigenvalue weighted by Crippen LogP contribution is -2.27. The Balaban J connectivity index is 1.80. The van der Waals surface area contributed by atoms with Crippen molar-refractivity contribution in [2.24, 2.45) is 0 Å². The molecule has 10 heteroatoms. The second-order valence-electron chi connectivity index (χ2n) is 6.84. The molecule has 1 amide bonds. The summed E-state index contributed by atoms with van der Waals surface area (Å²) in [5, 5.41) is 0.422. The summed E-state index contributed by atoms with van der Waals surface area (Å²) in [7, 11) is 3.89. The molecule has 0 aliphatic carbocycles. The zero-order valence-corrected chi connectivity index (χ0v) is 20.7. The lowest BCUT2D eigenvalue weighted by atomic mass is 10.2. The minimum atomic E-state index is -0.522. The molecule has 6 nitrogen and oxygen atoms in total. The van der Waals surface area contributed by atoms with Gasteiger partial charge in [0.25, 0.3) is 5.91 Å². The van der Waals surface area contributed by atoms with Crippen LogP contribution in [0.2, 0.25) is 10.0 Å². The van der Waals surface area contributed by atoms with E-state index in [1.807, 2.05) is 43.3 Å². The van der Waals surface area contributed by atoms with Gasteiger partial charge in [0.1, 0.15) is 0 Å². The van der Waals surface area contributed by atoms with Crippen molar-refractivity contribution >= 4 is 80.8 Å². The Labute approximate surface area is 206 Å². The third kappa shape index (κ3) is 5.56. The highest BCUT2D eigenvalue weighted by atomic mass is 35.5. The van der Waals surface area contributed by atoms with Crippen LogP contribution in [0.25, 0.3) is 6.08 Å². The Bertz CT molecular complexity index is 1060. The van der Waals surface area contributed by atoms with E-state index in [1.54, 1.807) is 25.1 Å². The van der Waals surface area contributed by atoms with Gasteiger partial charge in [0.2, 0.25) is 0 Å². The molecule has 1 saturated heterocycles. The number of rotatable bonds is 7. The molecule has 0 unspecified atom stereocenters. The zero-order chi connectivity index (χ0) is 23.4. The Kier molecular flexibility index (Phi) is 8.05. The number of carbonyl (C=O) groups excluding carboxylic acids is 2. The number of benzene rings is 2. The maximum Gasteiger partial charge on any atom is 0.344 e. The maximum atomic E-state index is 13.0. The fraction of sp³-hybridized carbons (Fsp3) is 0.227. The molecule has 2 aromatic carbocycles. The number of hydrogen-bond acceptors (Lipinski definition) is 7. The number of esters is 1. The van der Waals surface area contributed by atoms with Crippen LogP contribution in [0.1, 0.15) is 12.5 Å². The van der Waals surface area contributed by atoms with Crippen molar-refractivity contribution in [1.29, 1.82) is 0 Å². The van der Waals surface area contributed by atoms with Crippen molar-refractivity contribution in [1.82, 2.24) is 0 Å². The van der Waals surface area contributed by atoms with Crippen molar-refractivity contribution in [2.75, 3.05) is 37.1 Å². The van der Waals surface area contributed by atoms with Crippen LogP contribution in [-0.2, 0) is 14.3 Å². The molecular formula is C22H20Cl2N2O4S2. The monoisotopic (exact) mass is 510 g/mol. The molecule has 32 heavy (non-hydrogen) atoms. The van der Waals surface area contributed by atoms with Gasteiger partial charge in [-0.1, -0.05) is 47.2 Å². The van der Waals surface area contributed by atoms with Gasteiger partial charge in [-0.15, -0.1) is 0 Å². The number of thioether (sulfide) groups is 1. The predicted octanol–water partition coefficient (Wildman–Crippen LogP) is 5.41. The first-order chi connectivity index (χ1) is 15.2. The molecule has 1 aliphatic heterocycles. The summed E-state index contributed by atoms with van der Waals surface area (Å²) < 4.78 is 10.6. The predicted molar refractivity (Wildman–Crippen MR) is 135 cm³/mol. The summed E-state index contributed by atoms with van der Waals surface area (Å²) >= 11 is 19.2. The number of anilines is 2. The van der Waals surface area contributed by atoms with Gasteiger partial charge >= 0.3 is 5.97 Å². The molecule has 1 heterocycles. The topological polar surface area (TPSA) is 59.1 Å². The summed E-state index contributed by atoms with van der Waals surface area (Å²) in [6.45, 7) is 1.65. The number of amides is 1. The Morgan fingerprint density at radius 2 is 1.81 bits per heavy atom. The maximum absolute atomic E-state index is 13.0. The van der Waals surface area contributed by atoms with E-state index in [9.17, 15) is 9.59 Å². The average Bonchev–Trinajstić information content (AvgIpc) is 3.00. The summed E-state index contributed by atoms with van der Waals surface area (Å²) in [5.74, 6) is -0.578. The molecule has 0 spiro atoms. The van der Waals surface area contributed by atoms with Gasteiger partial charge in [0.05, 0.1) is 27.2 Å². The van der Waals surface area contributed by atoms with Crippen LogP contribution in [0.4, 0.5) is 11.4 Å². The van der Waals surface area contributed by atoms with Crippen LogP contribution < -0.4 is 14.5 Å². The van der Waals surface area contributed by atoms with Gasteiger partial charge in [-0.05, 0) is 55.0 Å². The lowest BCUT2D eigenvalue weighted by molar-refractivity contribution is -0.145. The normalized spacial score (nSPS) is 14.8. The van der Waals surface area contributed by atoms with Gasteiger partial charge in [0.15, 0.2) is 16.7 Å². The first-order valence-electron chi connectivity index (χ1n) is 9.54. The van der Waals surface area contributed by atoms with Crippen molar-refractivity contribution < 1.29 is 19.1 Å². The Hall–Kier alpha value is -2.26. The fourth-order valence-electron chi connectivity index (χ4n) is 2.88. The Morgan fingerprint density at radius 1 is 1.19 bits per heavy atom. The molecule has 168 valence electrons. The van der Waals surface area contributed by atoms with E-state index in [0.717, 1.165) is 5.69 Å². The van der Waals surface area contributed by atoms with Crippen molar-refractivity contribution in [3.63, 3.8) is 0 Å². The SMILES string of the molecule is CCOC(=O)COc1c(Cl)cc(C=C2SC(=S)N(c3ccc(N(C)C)cc3)C2=O)cc1Cl. The minimum Gasteiger partial charge on any atom is -0.479 e. The van der Waals surface area contributed by atoms with E-state index >= 15 is 0 Å². The van der Waals surface area contributed by atoms with Gasteiger partial charge < -0.3 is 14.4 Å². The average molecular weight is 511 g/mol. The van der Waals surface area contributed by atoms with Gasteiger partial charge in [-0.3, -0.25) is 9.69 Å².